The number of aryl methyl sites for hydroxylation is 2. The molecule has 82 valence electrons. The first kappa shape index (κ1) is 9.91. The summed E-state index contributed by atoms with van der Waals surface area (Å²) in [6.07, 6.45) is 5.40. The van der Waals surface area contributed by atoms with Gasteiger partial charge in [0.05, 0.1) is 12.1 Å². The Bertz CT molecular complexity index is 518. The molecule has 0 unspecified atom stereocenters. The van der Waals surface area contributed by atoms with Gasteiger partial charge in [-0.15, -0.1) is 11.6 Å². The number of oxazole rings is 1. The molecule has 1 aliphatic rings. The molecule has 2 nitrogen and oxygen atoms in total. The second-order valence-electron chi connectivity index (χ2n) is 4.09. The highest BCUT2D eigenvalue weighted by molar-refractivity contribution is 6.16. The van der Waals surface area contributed by atoms with Crippen molar-refractivity contribution >= 4 is 11.6 Å². The van der Waals surface area contributed by atoms with Crippen molar-refractivity contribution in [2.45, 2.75) is 25.1 Å². The standard InChI is InChI=1S/C13H12ClNO/c14-7-13-15-8-12(16-13)11-5-4-9-2-1-3-10(9)6-11/h4-6,8H,1-3,7H2. The molecule has 0 amide bonds. The topological polar surface area (TPSA) is 26.0 Å². The average molecular weight is 234 g/mol. The van der Waals surface area contributed by atoms with Gasteiger partial charge in [-0.1, -0.05) is 12.1 Å². The van der Waals surface area contributed by atoms with E-state index in [9.17, 15) is 0 Å². The molecular formula is C13H12ClNO. The lowest BCUT2D eigenvalue weighted by Gasteiger charge is -2.01. The van der Waals surface area contributed by atoms with E-state index in [4.69, 9.17) is 16.0 Å². The molecule has 0 atom stereocenters. The average Bonchev–Trinajstić information content (AvgIpc) is 2.96. The largest absolute Gasteiger partial charge is 0.439 e. The number of benzene rings is 1. The Morgan fingerprint density at radius 3 is 2.94 bits per heavy atom. The van der Waals surface area contributed by atoms with Crippen molar-refractivity contribution in [2.75, 3.05) is 0 Å². The fraction of sp³-hybridized carbons (Fsp3) is 0.308. The lowest BCUT2D eigenvalue weighted by atomic mass is 10.1. The van der Waals surface area contributed by atoms with Gasteiger partial charge >= 0.3 is 0 Å². The Hall–Kier alpha value is -1.28. The minimum atomic E-state index is 0.324. The van der Waals surface area contributed by atoms with Crippen LogP contribution >= 0.6 is 11.6 Å². The van der Waals surface area contributed by atoms with Crippen molar-refractivity contribution < 1.29 is 4.42 Å². The van der Waals surface area contributed by atoms with Crippen LogP contribution in [0.1, 0.15) is 23.4 Å². The molecule has 1 aliphatic carbocycles. The molecule has 0 aliphatic heterocycles. The maximum Gasteiger partial charge on any atom is 0.209 e. The van der Waals surface area contributed by atoms with Gasteiger partial charge in [-0.2, -0.15) is 0 Å². The first-order chi connectivity index (χ1) is 7.86. The summed E-state index contributed by atoms with van der Waals surface area (Å²) in [6.45, 7) is 0. The van der Waals surface area contributed by atoms with Crippen LogP contribution in [-0.4, -0.2) is 4.98 Å². The normalized spacial score (nSPS) is 14.1. The van der Waals surface area contributed by atoms with Gasteiger partial charge in [0, 0.05) is 5.56 Å². The van der Waals surface area contributed by atoms with E-state index in [1.165, 1.54) is 30.4 Å². The lowest BCUT2D eigenvalue weighted by molar-refractivity contribution is 0.528. The Kier molecular flexibility index (Phi) is 2.44. The zero-order chi connectivity index (χ0) is 11.0. The molecular weight excluding hydrogens is 222 g/mol. The van der Waals surface area contributed by atoms with E-state index >= 15 is 0 Å². The molecule has 0 radical (unpaired) electrons. The van der Waals surface area contributed by atoms with Gasteiger partial charge in [0.2, 0.25) is 5.89 Å². The van der Waals surface area contributed by atoms with E-state index in [0.29, 0.717) is 11.8 Å². The summed E-state index contributed by atoms with van der Waals surface area (Å²) in [7, 11) is 0. The highest BCUT2D eigenvalue weighted by Gasteiger charge is 2.13. The zero-order valence-electron chi connectivity index (χ0n) is 8.87. The third-order valence-corrected chi connectivity index (χ3v) is 3.28. The van der Waals surface area contributed by atoms with Crippen LogP contribution < -0.4 is 0 Å². The van der Waals surface area contributed by atoms with Crippen LogP contribution in [0.3, 0.4) is 0 Å². The van der Waals surface area contributed by atoms with Gasteiger partial charge in [-0.25, -0.2) is 4.98 Å². The van der Waals surface area contributed by atoms with Crippen molar-refractivity contribution in [2.24, 2.45) is 0 Å². The third-order valence-electron chi connectivity index (χ3n) is 3.05. The van der Waals surface area contributed by atoms with Gasteiger partial charge in [-0.05, 0) is 36.5 Å². The fourth-order valence-electron chi connectivity index (χ4n) is 2.23. The number of nitrogens with zero attached hydrogens (tertiary/aromatic N) is 1. The number of hydrogen-bond donors (Lipinski definition) is 0. The van der Waals surface area contributed by atoms with Crippen LogP contribution in [0.25, 0.3) is 11.3 Å². The number of aromatic nitrogens is 1. The van der Waals surface area contributed by atoms with E-state index in [1.807, 2.05) is 0 Å². The molecule has 2 aromatic rings. The summed E-state index contributed by atoms with van der Waals surface area (Å²) in [5.74, 6) is 1.72. The van der Waals surface area contributed by atoms with Gasteiger partial charge in [0.15, 0.2) is 5.76 Å². The molecule has 1 aromatic heterocycles. The minimum Gasteiger partial charge on any atom is -0.439 e. The zero-order valence-corrected chi connectivity index (χ0v) is 9.63. The molecule has 1 aromatic carbocycles. The molecule has 0 N–H and O–H groups in total. The number of hydrogen-bond acceptors (Lipinski definition) is 2. The Balaban J connectivity index is 2.00. The molecule has 0 spiro atoms. The summed E-state index contributed by atoms with van der Waals surface area (Å²) >= 11 is 5.67. The minimum absolute atomic E-state index is 0.324. The first-order valence-corrected chi connectivity index (χ1v) is 6.03. The second-order valence-corrected chi connectivity index (χ2v) is 4.36. The fourth-order valence-corrected chi connectivity index (χ4v) is 2.35. The molecule has 0 saturated heterocycles. The molecule has 0 bridgehead atoms. The molecule has 16 heavy (non-hydrogen) atoms. The van der Waals surface area contributed by atoms with Gasteiger partial charge < -0.3 is 4.42 Å². The Labute approximate surface area is 99.3 Å². The van der Waals surface area contributed by atoms with Crippen molar-refractivity contribution in [1.29, 1.82) is 0 Å². The second kappa shape index (κ2) is 3.95. The number of alkyl halides is 1. The van der Waals surface area contributed by atoms with Gasteiger partial charge in [0.1, 0.15) is 0 Å². The molecule has 3 rings (SSSR count). The monoisotopic (exact) mass is 233 g/mol. The first-order valence-electron chi connectivity index (χ1n) is 5.49. The van der Waals surface area contributed by atoms with E-state index in [-0.39, 0.29) is 0 Å². The van der Waals surface area contributed by atoms with Crippen LogP contribution in [0.15, 0.2) is 28.8 Å². The summed E-state index contributed by atoms with van der Waals surface area (Å²) in [5, 5.41) is 0. The van der Waals surface area contributed by atoms with Crippen LogP contribution in [0.2, 0.25) is 0 Å². The van der Waals surface area contributed by atoms with Crippen molar-refractivity contribution in [3.8, 4) is 11.3 Å². The summed E-state index contributed by atoms with van der Waals surface area (Å²) in [4.78, 5) is 4.11. The SMILES string of the molecule is ClCc1ncc(-c2ccc3c(c2)CCC3)o1. The molecule has 3 heteroatoms. The lowest BCUT2D eigenvalue weighted by Crippen LogP contribution is -1.83. The third kappa shape index (κ3) is 1.63. The maximum absolute atomic E-state index is 5.67. The van der Waals surface area contributed by atoms with E-state index in [1.54, 1.807) is 6.20 Å². The quantitative estimate of drug-likeness (QED) is 0.742. The van der Waals surface area contributed by atoms with Gasteiger partial charge in [-0.3, -0.25) is 0 Å². The number of halogens is 1. The van der Waals surface area contributed by atoms with Crippen LogP contribution in [0, 0.1) is 0 Å². The molecule has 0 saturated carbocycles. The predicted molar refractivity (Wildman–Crippen MR) is 63.5 cm³/mol. The van der Waals surface area contributed by atoms with Crippen molar-refractivity contribution in [3.05, 3.63) is 41.4 Å². The summed E-state index contributed by atoms with van der Waals surface area (Å²) < 4.78 is 5.54. The van der Waals surface area contributed by atoms with E-state index < -0.39 is 0 Å². The van der Waals surface area contributed by atoms with Crippen LogP contribution in [-0.2, 0) is 18.7 Å². The van der Waals surface area contributed by atoms with Crippen molar-refractivity contribution in [1.82, 2.24) is 4.98 Å². The molecule has 0 fully saturated rings. The summed E-state index contributed by atoms with van der Waals surface area (Å²) in [6, 6.07) is 6.50. The highest BCUT2D eigenvalue weighted by Crippen LogP contribution is 2.28. The maximum atomic E-state index is 5.67. The number of rotatable bonds is 2. The highest BCUT2D eigenvalue weighted by atomic mass is 35.5. The van der Waals surface area contributed by atoms with Crippen LogP contribution in [0.5, 0.6) is 0 Å². The Morgan fingerprint density at radius 1 is 1.25 bits per heavy atom. The van der Waals surface area contributed by atoms with Crippen LogP contribution in [0.4, 0.5) is 0 Å². The molecule has 1 heterocycles. The van der Waals surface area contributed by atoms with E-state index in [0.717, 1.165) is 11.3 Å². The Morgan fingerprint density at radius 2 is 2.12 bits per heavy atom. The summed E-state index contributed by atoms with van der Waals surface area (Å²) in [5.41, 5.74) is 4.02. The smallest absolute Gasteiger partial charge is 0.209 e. The van der Waals surface area contributed by atoms with Crippen molar-refractivity contribution in [3.63, 3.8) is 0 Å². The van der Waals surface area contributed by atoms with Gasteiger partial charge in [0.25, 0.3) is 0 Å². The van der Waals surface area contributed by atoms with E-state index in [2.05, 4.69) is 23.2 Å². The number of fused-ring (bicyclic) bond motifs is 1. The predicted octanol–water partition coefficient (Wildman–Crippen LogP) is 3.57.